The monoisotopic (exact) mass is 350 g/mol. The molecule has 112 valence electrons. The maximum atomic E-state index is 9.96. The van der Waals surface area contributed by atoms with Crippen molar-refractivity contribution in [1.82, 2.24) is 0 Å². The Hall–Kier alpha value is -1.52. The van der Waals surface area contributed by atoms with Gasteiger partial charge in [0.05, 0.1) is 6.10 Å². The van der Waals surface area contributed by atoms with Gasteiger partial charge in [-0.25, -0.2) is 0 Å². The molecular weight excluding hydrogens is 332 g/mol. The number of hydrogen-bond donors (Lipinski definition) is 1. The summed E-state index contributed by atoms with van der Waals surface area (Å²) in [5.41, 5.74) is 0.822. The van der Waals surface area contributed by atoms with E-state index in [0.717, 1.165) is 15.8 Å². The van der Waals surface area contributed by atoms with E-state index < -0.39 is 6.10 Å². The third kappa shape index (κ3) is 4.76. The Bertz CT molecular complexity index is 571. The van der Waals surface area contributed by atoms with Crippen LogP contribution in [0.1, 0.15) is 25.0 Å². The lowest BCUT2D eigenvalue weighted by molar-refractivity contribution is 0.162. The van der Waals surface area contributed by atoms with Crippen molar-refractivity contribution in [3.63, 3.8) is 0 Å². The van der Waals surface area contributed by atoms with Gasteiger partial charge in [0, 0.05) is 10.0 Å². The minimum atomic E-state index is -0.493. The van der Waals surface area contributed by atoms with Gasteiger partial charge in [-0.2, -0.15) is 0 Å². The van der Waals surface area contributed by atoms with E-state index in [2.05, 4.69) is 15.9 Å². The zero-order valence-electron chi connectivity index (χ0n) is 12.0. The third-order valence-corrected chi connectivity index (χ3v) is 3.56. The molecule has 2 aromatic carbocycles. The third-order valence-electron chi connectivity index (χ3n) is 3.07. The Morgan fingerprint density at radius 3 is 2.57 bits per heavy atom. The number of para-hydroxylation sites is 1. The first-order valence-electron chi connectivity index (χ1n) is 6.99. The minimum Gasteiger partial charge on any atom is -0.490 e. The molecule has 0 unspecified atom stereocenters. The fourth-order valence-corrected chi connectivity index (χ4v) is 2.35. The smallest absolute Gasteiger partial charge is 0.125 e. The van der Waals surface area contributed by atoms with Crippen LogP contribution in [0.4, 0.5) is 0 Å². The summed E-state index contributed by atoms with van der Waals surface area (Å²) in [7, 11) is 0. The molecule has 21 heavy (non-hydrogen) atoms. The second-order valence-corrected chi connectivity index (χ2v) is 5.53. The fraction of sp³-hybridized carbons (Fsp3) is 0.294. The molecule has 0 fully saturated rings. The van der Waals surface area contributed by atoms with Crippen molar-refractivity contribution in [3.05, 3.63) is 58.6 Å². The average molecular weight is 351 g/mol. The summed E-state index contributed by atoms with van der Waals surface area (Å²) in [6, 6.07) is 15.2. The van der Waals surface area contributed by atoms with Gasteiger partial charge >= 0.3 is 0 Å². The molecule has 0 amide bonds. The highest BCUT2D eigenvalue weighted by Crippen LogP contribution is 2.26. The lowest BCUT2D eigenvalue weighted by Gasteiger charge is -2.15. The quantitative estimate of drug-likeness (QED) is 0.754. The maximum absolute atomic E-state index is 9.96. The predicted molar refractivity (Wildman–Crippen MR) is 86.8 cm³/mol. The molecule has 0 aromatic heterocycles. The Kier molecular flexibility index (Phi) is 6.08. The SMILES string of the molecule is CC[C@H](O)c1ccccc1OCCOc1cccc(Br)c1. The topological polar surface area (TPSA) is 38.7 Å². The van der Waals surface area contributed by atoms with Crippen molar-refractivity contribution in [2.45, 2.75) is 19.4 Å². The average Bonchev–Trinajstić information content (AvgIpc) is 2.51. The van der Waals surface area contributed by atoms with E-state index in [1.807, 2.05) is 55.5 Å². The molecule has 3 nitrogen and oxygen atoms in total. The summed E-state index contributed by atoms with van der Waals surface area (Å²) < 4.78 is 12.3. The van der Waals surface area contributed by atoms with Gasteiger partial charge in [-0.3, -0.25) is 0 Å². The number of benzene rings is 2. The second-order valence-electron chi connectivity index (χ2n) is 4.62. The molecule has 0 bridgehead atoms. The van der Waals surface area contributed by atoms with Crippen LogP contribution in [0.3, 0.4) is 0 Å². The predicted octanol–water partition coefficient (Wildman–Crippen LogP) is 4.35. The molecule has 2 aromatic rings. The highest BCUT2D eigenvalue weighted by molar-refractivity contribution is 9.10. The number of halogens is 1. The van der Waals surface area contributed by atoms with Crippen molar-refractivity contribution in [2.24, 2.45) is 0 Å². The first kappa shape index (κ1) is 15.9. The van der Waals surface area contributed by atoms with Crippen LogP contribution in [0, 0.1) is 0 Å². The Morgan fingerprint density at radius 1 is 1.05 bits per heavy atom. The number of hydrogen-bond acceptors (Lipinski definition) is 3. The zero-order chi connectivity index (χ0) is 15.1. The van der Waals surface area contributed by atoms with Crippen LogP contribution < -0.4 is 9.47 Å². The van der Waals surface area contributed by atoms with Crippen LogP contribution in [-0.4, -0.2) is 18.3 Å². The van der Waals surface area contributed by atoms with E-state index in [1.165, 1.54) is 0 Å². The molecule has 0 aliphatic carbocycles. The second kappa shape index (κ2) is 8.05. The lowest BCUT2D eigenvalue weighted by atomic mass is 10.1. The fourth-order valence-electron chi connectivity index (χ4n) is 1.98. The van der Waals surface area contributed by atoms with E-state index in [4.69, 9.17) is 9.47 Å². The molecule has 0 spiro atoms. The number of ether oxygens (including phenoxy) is 2. The summed E-state index contributed by atoms with van der Waals surface area (Å²) in [5, 5.41) is 9.96. The zero-order valence-corrected chi connectivity index (χ0v) is 13.5. The molecule has 0 aliphatic heterocycles. The van der Waals surface area contributed by atoms with Crippen molar-refractivity contribution in [1.29, 1.82) is 0 Å². The first-order valence-corrected chi connectivity index (χ1v) is 7.78. The molecule has 1 atom stereocenters. The van der Waals surface area contributed by atoms with E-state index >= 15 is 0 Å². The standard InChI is InChI=1S/C17H19BrO3/c1-2-16(19)15-8-3-4-9-17(15)21-11-10-20-14-7-5-6-13(18)12-14/h3-9,12,16,19H,2,10-11H2,1H3/t16-/m0/s1. The van der Waals surface area contributed by atoms with E-state index in [0.29, 0.717) is 25.4 Å². The Labute approximate surface area is 133 Å². The van der Waals surface area contributed by atoms with E-state index in [1.54, 1.807) is 0 Å². The van der Waals surface area contributed by atoms with Crippen LogP contribution in [0.25, 0.3) is 0 Å². The molecule has 0 aliphatic rings. The van der Waals surface area contributed by atoms with Gasteiger partial charge in [-0.05, 0) is 30.7 Å². The van der Waals surface area contributed by atoms with Gasteiger partial charge in [0.25, 0.3) is 0 Å². The number of aliphatic hydroxyl groups is 1. The van der Waals surface area contributed by atoms with Crippen molar-refractivity contribution in [3.8, 4) is 11.5 Å². The van der Waals surface area contributed by atoms with Gasteiger partial charge in [0.1, 0.15) is 24.7 Å². The van der Waals surface area contributed by atoms with Crippen molar-refractivity contribution < 1.29 is 14.6 Å². The summed E-state index contributed by atoms with van der Waals surface area (Å²) in [6.07, 6.45) is 0.168. The molecule has 0 radical (unpaired) electrons. The van der Waals surface area contributed by atoms with Crippen LogP contribution >= 0.6 is 15.9 Å². The molecule has 2 rings (SSSR count). The highest BCUT2D eigenvalue weighted by Gasteiger charge is 2.10. The summed E-state index contributed by atoms with van der Waals surface area (Å²) in [4.78, 5) is 0. The molecule has 0 saturated carbocycles. The normalized spacial score (nSPS) is 12.0. The van der Waals surface area contributed by atoms with Crippen LogP contribution in [-0.2, 0) is 0 Å². The summed E-state index contributed by atoms with van der Waals surface area (Å²) in [5.74, 6) is 1.51. The van der Waals surface area contributed by atoms with Gasteiger partial charge in [-0.1, -0.05) is 47.1 Å². The largest absolute Gasteiger partial charge is 0.490 e. The molecular formula is C17H19BrO3. The number of rotatable bonds is 7. The molecule has 4 heteroatoms. The minimum absolute atomic E-state index is 0.431. The maximum Gasteiger partial charge on any atom is 0.125 e. The van der Waals surface area contributed by atoms with Gasteiger partial charge in [-0.15, -0.1) is 0 Å². The Morgan fingerprint density at radius 2 is 1.81 bits per heavy atom. The molecule has 0 heterocycles. The van der Waals surface area contributed by atoms with Gasteiger partial charge in [0.2, 0.25) is 0 Å². The van der Waals surface area contributed by atoms with E-state index in [-0.39, 0.29) is 0 Å². The summed E-state index contributed by atoms with van der Waals surface area (Å²) >= 11 is 3.40. The van der Waals surface area contributed by atoms with Gasteiger partial charge in [0.15, 0.2) is 0 Å². The van der Waals surface area contributed by atoms with E-state index in [9.17, 15) is 5.11 Å². The van der Waals surface area contributed by atoms with Crippen LogP contribution in [0.5, 0.6) is 11.5 Å². The van der Waals surface area contributed by atoms with Crippen LogP contribution in [0.2, 0.25) is 0 Å². The summed E-state index contributed by atoms with van der Waals surface area (Å²) in [6.45, 7) is 2.82. The van der Waals surface area contributed by atoms with Crippen LogP contribution in [0.15, 0.2) is 53.0 Å². The van der Waals surface area contributed by atoms with Crippen molar-refractivity contribution >= 4 is 15.9 Å². The first-order chi connectivity index (χ1) is 10.2. The van der Waals surface area contributed by atoms with Crippen molar-refractivity contribution in [2.75, 3.05) is 13.2 Å². The highest BCUT2D eigenvalue weighted by atomic mass is 79.9. The lowest BCUT2D eigenvalue weighted by Crippen LogP contribution is -2.10. The number of aliphatic hydroxyl groups excluding tert-OH is 1. The molecule has 1 N–H and O–H groups in total. The van der Waals surface area contributed by atoms with Gasteiger partial charge < -0.3 is 14.6 Å². The molecule has 0 saturated heterocycles. The Balaban J connectivity index is 1.86.